The van der Waals surface area contributed by atoms with Crippen molar-refractivity contribution in [1.82, 2.24) is 9.55 Å². The average Bonchev–Trinajstić information content (AvgIpc) is 2.80. The van der Waals surface area contributed by atoms with E-state index in [0.717, 1.165) is 23.3 Å². The summed E-state index contributed by atoms with van der Waals surface area (Å²) in [5.41, 5.74) is 2.41. The SMILES string of the molecule is Cc1cc2c(cc1F)nc(CCl)n2C1CCCC(C)C1C. The van der Waals surface area contributed by atoms with Crippen LogP contribution in [0.1, 0.15) is 50.5 Å². The van der Waals surface area contributed by atoms with Gasteiger partial charge in [0.15, 0.2) is 0 Å². The monoisotopic (exact) mass is 308 g/mol. The summed E-state index contributed by atoms with van der Waals surface area (Å²) in [5.74, 6) is 2.32. The second-order valence-corrected chi connectivity index (χ2v) is 6.72. The van der Waals surface area contributed by atoms with Crippen LogP contribution in [0.4, 0.5) is 4.39 Å². The molecule has 1 aromatic carbocycles. The van der Waals surface area contributed by atoms with E-state index in [-0.39, 0.29) is 5.82 Å². The molecule has 3 atom stereocenters. The molecular weight excluding hydrogens is 287 g/mol. The van der Waals surface area contributed by atoms with Crippen molar-refractivity contribution in [3.8, 4) is 0 Å². The van der Waals surface area contributed by atoms with E-state index in [4.69, 9.17) is 11.6 Å². The Labute approximate surface area is 130 Å². The molecule has 4 heteroatoms. The van der Waals surface area contributed by atoms with E-state index < -0.39 is 0 Å². The second kappa shape index (κ2) is 5.60. The first-order valence-corrected chi connectivity index (χ1v) is 8.29. The van der Waals surface area contributed by atoms with Gasteiger partial charge in [-0.25, -0.2) is 9.37 Å². The minimum Gasteiger partial charge on any atom is -0.324 e. The van der Waals surface area contributed by atoms with Gasteiger partial charge in [-0.05, 0) is 36.8 Å². The zero-order valence-electron chi connectivity index (χ0n) is 12.9. The highest BCUT2D eigenvalue weighted by atomic mass is 35.5. The Balaban J connectivity index is 2.18. The van der Waals surface area contributed by atoms with Gasteiger partial charge in [-0.3, -0.25) is 0 Å². The summed E-state index contributed by atoms with van der Waals surface area (Å²) in [5, 5.41) is 0. The molecule has 114 valence electrons. The van der Waals surface area contributed by atoms with Crippen LogP contribution in [0, 0.1) is 24.6 Å². The normalized spacial score (nSPS) is 26.4. The first-order chi connectivity index (χ1) is 10.0. The summed E-state index contributed by atoms with van der Waals surface area (Å²) in [4.78, 5) is 4.56. The molecular formula is C17H22ClFN2. The van der Waals surface area contributed by atoms with Gasteiger partial charge in [-0.15, -0.1) is 11.6 Å². The van der Waals surface area contributed by atoms with Gasteiger partial charge in [-0.1, -0.05) is 26.7 Å². The third kappa shape index (κ3) is 2.46. The number of nitrogens with zero attached hydrogens (tertiary/aromatic N) is 2. The maximum absolute atomic E-state index is 13.8. The van der Waals surface area contributed by atoms with Gasteiger partial charge >= 0.3 is 0 Å². The molecule has 0 bridgehead atoms. The fraction of sp³-hybridized carbons (Fsp3) is 0.588. The molecule has 3 unspecified atom stereocenters. The van der Waals surface area contributed by atoms with Crippen LogP contribution in [0.3, 0.4) is 0 Å². The van der Waals surface area contributed by atoms with Gasteiger partial charge < -0.3 is 4.57 Å². The lowest BCUT2D eigenvalue weighted by Gasteiger charge is -2.36. The van der Waals surface area contributed by atoms with Crippen LogP contribution in [-0.2, 0) is 5.88 Å². The molecule has 3 rings (SSSR count). The predicted octanol–water partition coefficient (Wildman–Crippen LogP) is 5.22. The van der Waals surface area contributed by atoms with Crippen LogP contribution >= 0.6 is 11.6 Å². The van der Waals surface area contributed by atoms with Crippen LogP contribution in [0.15, 0.2) is 12.1 Å². The molecule has 0 saturated heterocycles. The van der Waals surface area contributed by atoms with Crippen LogP contribution in [0.2, 0.25) is 0 Å². The largest absolute Gasteiger partial charge is 0.324 e. The van der Waals surface area contributed by atoms with Gasteiger partial charge in [0.2, 0.25) is 0 Å². The van der Waals surface area contributed by atoms with Crippen molar-refractivity contribution in [1.29, 1.82) is 0 Å². The molecule has 1 aliphatic rings. The number of rotatable bonds is 2. The molecule has 21 heavy (non-hydrogen) atoms. The van der Waals surface area contributed by atoms with Crippen molar-refractivity contribution in [3.63, 3.8) is 0 Å². The van der Waals surface area contributed by atoms with E-state index in [1.807, 2.05) is 6.07 Å². The van der Waals surface area contributed by atoms with Gasteiger partial charge in [-0.2, -0.15) is 0 Å². The zero-order chi connectivity index (χ0) is 15.1. The molecule has 0 aliphatic heterocycles. The number of halogens is 2. The third-order valence-corrected chi connectivity index (χ3v) is 5.40. The number of hydrogen-bond acceptors (Lipinski definition) is 1. The third-order valence-electron chi connectivity index (χ3n) is 5.16. The molecule has 1 saturated carbocycles. The number of hydrogen-bond donors (Lipinski definition) is 0. The van der Waals surface area contributed by atoms with Crippen LogP contribution in [-0.4, -0.2) is 9.55 Å². The fourth-order valence-electron chi connectivity index (χ4n) is 3.65. The van der Waals surface area contributed by atoms with E-state index in [1.54, 1.807) is 6.92 Å². The maximum atomic E-state index is 13.8. The van der Waals surface area contributed by atoms with Crippen molar-refractivity contribution < 1.29 is 4.39 Å². The summed E-state index contributed by atoms with van der Waals surface area (Å²) >= 11 is 6.11. The molecule has 2 nitrogen and oxygen atoms in total. The minimum atomic E-state index is -0.196. The molecule has 1 fully saturated rings. The van der Waals surface area contributed by atoms with Crippen LogP contribution in [0.5, 0.6) is 0 Å². The maximum Gasteiger partial charge on any atom is 0.128 e. The highest BCUT2D eigenvalue weighted by Gasteiger charge is 2.31. The Morgan fingerprint density at radius 3 is 2.81 bits per heavy atom. The van der Waals surface area contributed by atoms with E-state index in [1.165, 1.54) is 18.9 Å². The quantitative estimate of drug-likeness (QED) is 0.695. The number of imidazole rings is 1. The zero-order valence-corrected chi connectivity index (χ0v) is 13.6. The lowest BCUT2D eigenvalue weighted by atomic mass is 9.78. The van der Waals surface area contributed by atoms with E-state index in [2.05, 4.69) is 23.4 Å². The number of alkyl halides is 1. The Bertz CT molecular complexity index is 664. The first kappa shape index (κ1) is 14.8. The number of aryl methyl sites for hydroxylation is 1. The van der Waals surface area contributed by atoms with E-state index >= 15 is 0 Å². The van der Waals surface area contributed by atoms with Crippen molar-refractivity contribution >= 4 is 22.6 Å². The highest BCUT2D eigenvalue weighted by molar-refractivity contribution is 6.16. The van der Waals surface area contributed by atoms with E-state index in [9.17, 15) is 4.39 Å². The summed E-state index contributed by atoms with van der Waals surface area (Å²) in [6, 6.07) is 3.87. The second-order valence-electron chi connectivity index (χ2n) is 6.46. The first-order valence-electron chi connectivity index (χ1n) is 7.75. The predicted molar refractivity (Wildman–Crippen MR) is 85.2 cm³/mol. The lowest BCUT2D eigenvalue weighted by molar-refractivity contribution is 0.187. The topological polar surface area (TPSA) is 17.8 Å². The van der Waals surface area contributed by atoms with Gasteiger partial charge in [0.25, 0.3) is 0 Å². The van der Waals surface area contributed by atoms with Crippen molar-refractivity contribution in [2.75, 3.05) is 0 Å². The average molecular weight is 309 g/mol. The smallest absolute Gasteiger partial charge is 0.128 e. The summed E-state index contributed by atoms with van der Waals surface area (Å²) < 4.78 is 16.1. The summed E-state index contributed by atoms with van der Waals surface area (Å²) in [7, 11) is 0. The van der Waals surface area contributed by atoms with Crippen LogP contribution < -0.4 is 0 Å². The Kier molecular flexibility index (Phi) is 3.96. The number of benzene rings is 1. The van der Waals surface area contributed by atoms with Crippen molar-refractivity contribution in [2.24, 2.45) is 11.8 Å². The Hall–Kier alpha value is -1.09. The minimum absolute atomic E-state index is 0.196. The molecule has 0 spiro atoms. The molecule has 2 aromatic rings. The van der Waals surface area contributed by atoms with Crippen molar-refractivity contribution in [2.45, 2.75) is 52.0 Å². The Morgan fingerprint density at radius 1 is 1.33 bits per heavy atom. The number of fused-ring (bicyclic) bond motifs is 1. The standard InChI is InChI=1S/C17H22ClFN2/c1-10-5-4-6-15(12(10)3)21-16-7-11(2)13(19)8-14(16)20-17(21)9-18/h7-8,10,12,15H,4-6,9H2,1-3H3. The Morgan fingerprint density at radius 2 is 2.10 bits per heavy atom. The molecule has 1 heterocycles. The fourth-order valence-corrected chi connectivity index (χ4v) is 3.84. The summed E-state index contributed by atoms with van der Waals surface area (Å²) in [6.07, 6.45) is 3.67. The van der Waals surface area contributed by atoms with Crippen LogP contribution in [0.25, 0.3) is 11.0 Å². The highest BCUT2D eigenvalue weighted by Crippen LogP contribution is 2.40. The van der Waals surface area contributed by atoms with E-state index in [0.29, 0.717) is 29.3 Å². The molecule has 0 N–H and O–H groups in total. The van der Waals surface area contributed by atoms with Gasteiger partial charge in [0, 0.05) is 12.1 Å². The van der Waals surface area contributed by atoms with Gasteiger partial charge in [0.1, 0.15) is 11.6 Å². The molecule has 0 amide bonds. The van der Waals surface area contributed by atoms with Gasteiger partial charge in [0.05, 0.1) is 16.9 Å². The molecule has 0 radical (unpaired) electrons. The molecule has 1 aliphatic carbocycles. The molecule has 1 aromatic heterocycles. The summed E-state index contributed by atoms with van der Waals surface area (Å²) in [6.45, 7) is 6.44. The number of aromatic nitrogens is 2. The lowest BCUT2D eigenvalue weighted by Crippen LogP contribution is -2.28. The van der Waals surface area contributed by atoms with Crippen molar-refractivity contribution in [3.05, 3.63) is 29.3 Å².